The lowest BCUT2D eigenvalue weighted by atomic mass is 10.1. The van der Waals surface area contributed by atoms with Crippen LogP contribution >= 0.6 is 0 Å². The number of carbonyl (C=O) groups is 2. The molecule has 0 unspecified atom stereocenters. The van der Waals surface area contributed by atoms with E-state index in [1.807, 2.05) is 5.32 Å². The molecular formula is C11H8F2N2O3. The highest BCUT2D eigenvalue weighted by Crippen LogP contribution is 2.23. The van der Waals surface area contributed by atoms with Gasteiger partial charge in [-0.05, 0) is 12.1 Å². The Kier molecular flexibility index (Phi) is 4.32. The second-order valence-electron chi connectivity index (χ2n) is 3.16. The van der Waals surface area contributed by atoms with Crippen molar-refractivity contribution in [2.45, 2.75) is 6.42 Å². The summed E-state index contributed by atoms with van der Waals surface area (Å²) in [5.41, 5.74) is -0.968. The van der Waals surface area contributed by atoms with E-state index in [0.29, 0.717) is 0 Å². The molecule has 0 fully saturated rings. The zero-order chi connectivity index (χ0) is 13.7. The first-order valence-corrected chi connectivity index (χ1v) is 4.74. The Morgan fingerprint density at radius 1 is 1.44 bits per heavy atom. The Hall–Kier alpha value is -2.49. The van der Waals surface area contributed by atoms with Crippen LogP contribution in [0.3, 0.4) is 0 Å². The van der Waals surface area contributed by atoms with E-state index in [1.165, 1.54) is 0 Å². The summed E-state index contributed by atoms with van der Waals surface area (Å²) in [7, 11) is 1.06. The van der Waals surface area contributed by atoms with Crippen molar-refractivity contribution in [3.8, 4) is 6.07 Å². The fourth-order valence-corrected chi connectivity index (χ4v) is 1.21. The molecular weight excluding hydrogens is 246 g/mol. The van der Waals surface area contributed by atoms with Crippen molar-refractivity contribution >= 4 is 17.6 Å². The summed E-state index contributed by atoms with van der Waals surface area (Å²) in [6.45, 7) is 0. The van der Waals surface area contributed by atoms with Crippen LogP contribution in [0, 0.1) is 23.0 Å². The fourth-order valence-electron chi connectivity index (χ4n) is 1.21. The summed E-state index contributed by atoms with van der Waals surface area (Å²) in [6.07, 6.45) is -0.545. The highest BCUT2D eigenvalue weighted by molar-refractivity contribution is 6.01. The molecule has 0 saturated carbocycles. The molecule has 0 aliphatic carbocycles. The minimum absolute atomic E-state index is 0.331. The number of rotatable bonds is 3. The Morgan fingerprint density at radius 2 is 2.11 bits per heavy atom. The van der Waals surface area contributed by atoms with Crippen LogP contribution in [0.15, 0.2) is 12.1 Å². The number of nitrogens with zero attached hydrogens (tertiary/aromatic N) is 1. The number of amides is 1. The Balaban J connectivity index is 3.21. The molecule has 1 N–H and O–H groups in total. The molecule has 0 radical (unpaired) electrons. The number of carbonyl (C=O) groups excluding carboxylic acids is 2. The van der Waals surface area contributed by atoms with Crippen molar-refractivity contribution in [3.05, 3.63) is 29.3 Å². The van der Waals surface area contributed by atoms with Crippen LogP contribution in [-0.4, -0.2) is 19.0 Å². The van der Waals surface area contributed by atoms with E-state index >= 15 is 0 Å². The van der Waals surface area contributed by atoms with Gasteiger partial charge in [0.2, 0.25) is 5.91 Å². The first kappa shape index (κ1) is 13.6. The van der Waals surface area contributed by atoms with Crippen LogP contribution < -0.4 is 5.32 Å². The molecule has 0 bridgehead atoms. The topological polar surface area (TPSA) is 79.2 Å². The van der Waals surface area contributed by atoms with Crippen molar-refractivity contribution in [2.75, 3.05) is 12.4 Å². The predicted molar refractivity (Wildman–Crippen MR) is 56.6 cm³/mol. The number of esters is 1. The molecule has 1 aromatic carbocycles. The highest BCUT2D eigenvalue weighted by Gasteiger charge is 2.20. The van der Waals surface area contributed by atoms with Gasteiger partial charge in [-0.3, -0.25) is 4.79 Å². The van der Waals surface area contributed by atoms with Crippen molar-refractivity contribution in [3.63, 3.8) is 0 Å². The van der Waals surface area contributed by atoms with E-state index < -0.39 is 35.6 Å². The van der Waals surface area contributed by atoms with Crippen LogP contribution in [-0.2, 0) is 9.53 Å². The lowest BCUT2D eigenvalue weighted by molar-refractivity contribution is -0.115. The maximum absolute atomic E-state index is 13.5. The molecule has 0 aliphatic rings. The molecule has 1 rings (SSSR count). The molecule has 94 valence electrons. The summed E-state index contributed by atoms with van der Waals surface area (Å²) >= 11 is 0. The predicted octanol–water partition coefficient (Wildman–Crippen LogP) is 1.60. The summed E-state index contributed by atoms with van der Waals surface area (Å²) < 4.78 is 30.9. The summed E-state index contributed by atoms with van der Waals surface area (Å²) in [5, 5.41) is 10.3. The van der Waals surface area contributed by atoms with E-state index in [2.05, 4.69) is 4.74 Å². The number of benzene rings is 1. The average molecular weight is 254 g/mol. The molecule has 18 heavy (non-hydrogen) atoms. The number of anilines is 1. The van der Waals surface area contributed by atoms with Crippen LogP contribution in [0.25, 0.3) is 0 Å². The molecule has 0 aliphatic heterocycles. The third-order valence-electron chi connectivity index (χ3n) is 2.00. The third-order valence-corrected chi connectivity index (χ3v) is 2.00. The number of halogens is 2. The minimum Gasteiger partial charge on any atom is -0.465 e. The van der Waals surface area contributed by atoms with Crippen molar-refractivity contribution < 1.29 is 23.1 Å². The number of methoxy groups -OCH3 is 1. The van der Waals surface area contributed by atoms with Gasteiger partial charge in [-0.25, -0.2) is 13.6 Å². The van der Waals surface area contributed by atoms with Gasteiger partial charge in [-0.2, -0.15) is 5.26 Å². The molecule has 1 aromatic rings. The lowest BCUT2D eigenvalue weighted by Crippen LogP contribution is -2.16. The summed E-state index contributed by atoms with van der Waals surface area (Å²) in [5.74, 6) is -4.40. The van der Waals surface area contributed by atoms with Gasteiger partial charge in [-0.1, -0.05) is 0 Å². The molecule has 0 heterocycles. The van der Waals surface area contributed by atoms with Gasteiger partial charge < -0.3 is 10.1 Å². The smallest absolute Gasteiger partial charge is 0.340 e. The van der Waals surface area contributed by atoms with Gasteiger partial charge in [0, 0.05) is 0 Å². The maximum Gasteiger partial charge on any atom is 0.340 e. The van der Waals surface area contributed by atoms with E-state index in [-0.39, 0.29) is 5.56 Å². The lowest BCUT2D eigenvalue weighted by Gasteiger charge is -2.10. The van der Waals surface area contributed by atoms with Crippen LogP contribution in [0.2, 0.25) is 0 Å². The standard InChI is InChI=1S/C11H8F2N2O3/c1-18-11(17)6-2-3-7(12)9(13)10(6)15-8(16)4-5-14/h2-3H,4H2,1H3,(H,15,16). The van der Waals surface area contributed by atoms with Crippen LogP contribution in [0.1, 0.15) is 16.8 Å². The number of nitriles is 1. The Labute approximate surface area is 101 Å². The molecule has 7 heteroatoms. The monoisotopic (exact) mass is 254 g/mol. The number of nitrogens with one attached hydrogen (secondary N) is 1. The molecule has 0 atom stereocenters. The van der Waals surface area contributed by atoms with E-state index in [1.54, 1.807) is 6.07 Å². The van der Waals surface area contributed by atoms with Gasteiger partial charge in [0.15, 0.2) is 11.6 Å². The Bertz CT molecular complexity index is 538. The van der Waals surface area contributed by atoms with E-state index in [4.69, 9.17) is 5.26 Å². The average Bonchev–Trinajstić information content (AvgIpc) is 2.34. The van der Waals surface area contributed by atoms with Gasteiger partial charge >= 0.3 is 5.97 Å². The fraction of sp³-hybridized carbons (Fsp3) is 0.182. The minimum atomic E-state index is -1.39. The van der Waals surface area contributed by atoms with E-state index in [9.17, 15) is 18.4 Å². The quantitative estimate of drug-likeness (QED) is 0.831. The van der Waals surface area contributed by atoms with Crippen LogP contribution in [0.4, 0.5) is 14.5 Å². The third kappa shape index (κ3) is 2.79. The summed E-state index contributed by atoms with van der Waals surface area (Å²) in [6, 6.07) is 3.26. The SMILES string of the molecule is COC(=O)c1ccc(F)c(F)c1NC(=O)CC#N. The summed E-state index contributed by atoms with van der Waals surface area (Å²) in [4.78, 5) is 22.5. The normalized spacial score (nSPS) is 9.44. The number of hydrogen-bond acceptors (Lipinski definition) is 4. The first-order valence-electron chi connectivity index (χ1n) is 4.74. The second kappa shape index (κ2) is 5.72. The van der Waals surface area contributed by atoms with Gasteiger partial charge in [0.25, 0.3) is 0 Å². The molecule has 0 spiro atoms. The highest BCUT2D eigenvalue weighted by atomic mass is 19.2. The van der Waals surface area contributed by atoms with Gasteiger partial charge in [0.05, 0.1) is 24.4 Å². The second-order valence-corrected chi connectivity index (χ2v) is 3.16. The Morgan fingerprint density at radius 3 is 2.67 bits per heavy atom. The van der Waals surface area contributed by atoms with Crippen molar-refractivity contribution in [1.29, 1.82) is 5.26 Å². The first-order chi connectivity index (χ1) is 8.51. The maximum atomic E-state index is 13.5. The van der Waals surface area contributed by atoms with Crippen LogP contribution in [0.5, 0.6) is 0 Å². The molecule has 1 amide bonds. The van der Waals surface area contributed by atoms with Crippen molar-refractivity contribution in [1.82, 2.24) is 0 Å². The molecule has 5 nitrogen and oxygen atoms in total. The molecule has 0 saturated heterocycles. The zero-order valence-electron chi connectivity index (χ0n) is 9.29. The van der Waals surface area contributed by atoms with Gasteiger partial charge in [0.1, 0.15) is 6.42 Å². The largest absolute Gasteiger partial charge is 0.465 e. The van der Waals surface area contributed by atoms with E-state index in [0.717, 1.165) is 19.2 Å². The number of hydrogen-bond donors (Lipinski definition) is 1. The van der Waals surface area contributed by atoms with Gasteiger partial charge in [-0.15, -0.1) is 0 Å². The van der Waals surface area contributed by atoms with Crippen molar-refractivity contribution in [2.24, 2.45) is 0 Å². The molecule has 0 aromatic heterocycles. The zero-order valence-corrected chi connectivity index (χ0v) is 9.29. The number of ether oxygens (including phenoxy) is 1.